The number of hydrogen-bond acceptors (Lipinski definition) is 4. The number of fused-ring (bicyclic) bond motifs is 1. The first-order valence-electron chi connectivity index (χ1n) is 9.07. The maximum atomic E-state index is 13.1. The number of benzene rings is 1. The van der Waals surface area contributed by atoms with Gasteiger partial charge in [-0.25, -0.2) is 0 Å². The molecular formula is C20H21N3O4. The molecule has 2 aromatic rings. The normalized spacial score (nSPS) is 20.4. The lowest BCUT2D eigenvalue weighted by molar-refractivity contribution is -0.156. The van der Waals surface area contributed by atoms with Crippen LogP contribution in [0, 0.1) is 0 Å². The van der Waals surface area contributed by atoms with Gasteiger partial charge < -0.3 is 19.1 Å². The minimum Gasteiger partial charge on any atom is -0.472 e. The van der Waals surface area contributed by atoms with Gasteiger partial charge in [0.25, 0.3) is 5.91 Å². The Morgan fingerprint density at radius 3 is 2.67 bits per heavy atom. The van der Waals surface area contributed by atoms with Gasteiger partial charge >= 0.3 is 0 Å². The van der Waals surface area contributed by atoms with Crippen molar-refractivity contribution in [1.29, 1.82) is 0 Å². The smallest absolute Gasteiger partial charge is 0.257 e. The van der Waals surface area contributed by atoms with Crippen LogP contribution in [0.1, 0.15) is 22.3 Å². The van der Waals surface area contributed by atoms with Crippen molar-refractivity contribution < 1.29 is 18.8 Å². The molecule has 1 aromatic carbocycles. The molecule has 7 heteroatoms. The standard InChI is InChI=1S/C20H21N3O4/c24-18-13-22(11-15-5-2-1-3-6-15)20(26)17-12-21(8-4-9-23(17)18)19(25)16-7-10-27-14-16/h1-3,5-7,10,14,17H,4,8-9,11-13H2. The van der Waals surface area contributed by atoms with E-state index in [-0.39, 0.29) is 30.8 Å². The number of furan rings is 1. The second-order valence-electron chi connectivity index (χ2n) is 6.90. The van der Waals surface area contributed by atoms with Gasteiger partial charge in [-0.2, -0.15) is 0 Å². The van der Waals surface area contributed by atoms with Crippen molar-refractivity contribution in [3.63, 3.8) is 0 Å². The SMILES string of the molecule is O=C(c1ccoc1)N1CCCN2C(=O)CN(Cc3ccccc3)C(=O)C2C1. The Labute approximate surface area is 157 Å². The van der Waals surface area contributed by atoms with Crippen LogP contribution in [0.2, 0.25) is 0 Å². The third kappa shape index (κ3) is 3.45. The number of piperazine rings is 1. The van der Waals surface area contributed by atoms with Crippen molar-refractivity contribution in [2.45, 2.75) is 19.0 Å². The summed E-state index contributed by atoms with van der Waals surface area (Å²) in [5.41, 5.74) is 1.44. The summed E-state index contributed by atoms with van der Waals surface area (Å²) in [5, 5.41) is 0. The van der Waals surface area contributed by atoms with Gasteiger partial charge in [0.2, 0.25) is 11.8 Å². The fourth-order valence-corrected chi connectivity index (χ4v) is 3.73. The zero-order valence-electron chi connectivity index (χ0n) is 14.9. The molecule has 27 heavy (non-hydrogen) atoms. The summed E-state index contributed by atoms with van der Waals surface area (Å²) in [4.78, 5) is 43.3. The van der Waals surface area contributed by atoms with Crippen molar-refractivity contribution in [3.05, 3.63) is 60.1 Å². The molecule has 1 aromatic heterocycles. The largest absolute Gasteiger partial charge is 0.472 e. The van der Waals surface area contributed by atoms with Crippen molar-refractivity contribution in [3.8, 4) is 0 Å². The zero-order chi connectivity index (χ0) is 18.8. The van der Waals surface area contributed by atoms with E-state index in [4.69, 9.17) is 4.42 Å². The maximum absolute atomic E-state index is 13.1. The molecule has 1 atom stereocenters. The number of carbonyl (C=O) groups is 3. The average molecular weight is 367 g/mol. The molecule has 4 rings (SSSR count). The molecule has 0 saturated carbocycles. The summed E-state index contributed by atoms with van der Waals surface area (Å²) >= 11 is 0. The Morgan fingerprint density at radius 1 is 1.11 bits per heavy atom. The van der Waals surface area contributed by atoms with Crippen LogP contribution in [-0.4, -0.2) is 64.6 Å². The minimum absolute atomic E-state index is 0.0619. The zero-order valence-corrected chi connectivity index (χ0v) is 14.9. The number of carbonyl (C=O) groups excluding carboxylic acids is 3. The molecule has 140 valence electrons. The highest BCUT2D eigenvalue weighted by molar-refractivity contribution is 5.97. The quantitative estimate of drug-likeness (QED) is 0.821. The van der Waals surface area contributed by atoms with Crippen molar-refractivity contribution in [2.75, 3.05) is 26.2 Å². The van der Waals surface area contributed by atoms with E-state index in [2.05, 4.69) is 0 Å². The molecule has 0 aliphatic carbocycles. The Bertz CT molecular complexity index is 834. The predicted molar refractivity (Wildman–Crippen MR) is 96.6 cm³/mol. The average Bonchev–Trinajstić information content (AvgIpc) is 3.12. The second-order valence-corrected chi connectivity index (χ2v) is 6.90. The second kappa shape index (κ2) is 7.26. The van der Waals surface area contributed by atoms with Gasteiger partial charge in [-0.05, 0) is 18.1 Å². The molecule has 0 spiro atoms. The molecule has 7 nitrogen and oxygen atoms in total. The van der Waals surface area contributed by atoms with E-state index in [1.807, 2.05) is 30.3 Å². The van der Waals surface area contributed by atoms with Gasteiger partial charge in [0, 0.05) is 19.6 Å². The molecule has 3 heterocycles. The Balaban J connectivity index is 1.54. The van der Waals surface area contributed by atoms with Crippen LogP contribution < -0.4 is 0 Å². The van der Waals surface area contributed by atoms with E-state index in [9.17, 15) is 14.4 Å². The number of amides is 3. The van der Waals surface area contributed by atoms with Crippen LogP contribution >= 0.6 is 0 Å². The van der Waals surface area contributed by atoms with Gasteiger partial charge in [-0.3, -0.25) is 14.4 Å². The summed E-state index contributed by atoms with van der Waals surface area (Å²) in [6, 6.07) is 10.6. The summed E-state index contributed by atoms with van der Waals surface area (Å²) in [6.45, 7) is 1.69. The molecule has 2 aliphatic heterocycles. The maximum Gasteiger partial charge on any atom is 0.257 e. The number of hydrogen-bond donors (Lipinski definition) is 0. The summed E-state index contributed by atoms with van der Waals surface area (Å²) in [7, 11) is 0. The van der Waals surface area contributed by atoms with Gasteiger partial charge in [0.05, 0.1) is 18.4 Å². The van der Waals surface area contributed by atoms with E-state index in [0.717, 1.165) is 5.56 Å². The fraction of sp³-hybridized carbons (Fsp3) is 0.350. The topological polar surface area (TPSA) is 74.1 Å². The Kier molecular flexibility index (Phi) is 4.66. The Morgan fingerprint density at radius 2 is 1.93 bits per heavy atom. The predicted octanol–water partition coefficient (Wildman–Crippen LogP) is 1.37. The van der Waals surface area contributed by atoms with Gasteiger partial charge in [-0.15, -0.1) is 0 Å². The molecule has 0 radical (unpaired) electrons. The molecule has 1 unspecified atom stereocenters. The molecule has 2 aliphatic rings. The van der Waals surface area contributed by atoms with E-state index in [1.54, 1.807) is 20.8 Å². The lowest BCUT2D eigenvalue weighted by Crippen LogP contribution is -2.61. The van der Waals surface area contributed by atoms with Crippen molar-refractivity contribution in [2.24, 2.45) is 0 Å². The molecule has 2 saturated heterocycles. The van der Waals surface area contributed by atoms with E-state index >= 15 is 0 Å². The third-order valence-electron chi connectivity index (χ3n) is 5.11. The third-order valence-corrected chi connectivity index (χ3v) is 5.11. The highest BCUT2D eigenvalue weighted by atomic mass is 16.3. The molecule has 3 amide bonds. The Hall–Kier alpha value is -3.09. The first-order valence-corrected chi connectivity index (χ1v) is 9.07. The van der Waals surface area contributed by atoms with E-state index < -0.39 is 6.04 Å². The van der Waals surface area contributed by atoms with Crippen LogP contribution in [0.4, 0.5) is 0 Å². The molecule has 0 bridgehead atoms. The summed E-state index contributed by atoms with van der Waals surface area (Å²) in [5.74, 6) is -0.343. The first-order chi connectivity index (χ1) is 13.1. The molecular weight excluding hydrogens is 346 g/mol. The van der Waals surface area contributed by atoms with Crippen molar-refractivity contribution in [1.82, 2.24) is 14.7 Å². The van der Waals surface area contributed by atoms with E-state index in [0.29, 0.717) is 31.6 Å². The monoisotopic (exact) mass is 367 g/mol. The van der Waals surface area contributed by atoms with Crippen LogP contribution in [0.5, 0.6) is 0 Å². The van der Waals surface area contributed by atoms with Gasteiger partial charge in [0.15, 0.2) is 0 Å². The lowest BCUT2D eigenvalue weighted by atomic mass is 10.1. The molecule has 0 N–H and O–H groups in total. The summed E-state index contributed by atoms with van der Waals surface area (Å²) in [6.07, 6.45) is 3.51. The summed E-state index contributed by atoms with van der Waals surface area (Å²) < 4.78 is 5.00. The van der Waals surface area contributed by atoms with Crippen LogP contribution in [0.3, 0.4) is 0 Å². The van der Waals surface area contributed by atoms with Crippen molar-refractivity contribution >= 4 is 17.7 Å². The first kappa shape index (κ1) is 17.3. The van der Waals surface area contributed by atoms with E-state index in [1.165, 1.54) is 12.5 Å². The highest BCUT2D eigenvalue weighted by Gasteiger charge is 2.42. The number of rotatable bonds is 3. The van der Waals surface area contributed by atoms with Gasteiger partial charge in [0.1, 0.15) is 18.8 Å². The minimum atomic E-state index is -0.631. The van der Waals surface area contributed by atoms with Gasteiger partial charge in [-0.1, -0.05) is 30.3 Å². The highest BCUT2D eigenvalue weighted by Crippen LogP contribution is 2.21. The van der Waals surface area contributed by atoms with Crippen LogP contribution in [-0.2, 0) is 16.1 Å². The van der Waals surface area contributed by atoms with Crippen LogP contribution in [0.25, 0.3) is 0 Å². The lowest BCUT2D eigenvalue weighted by Gasteiger charge is -2.40. The fourth-order valence-electron chi connectivity index (χ4n) is 3.73. The van der Waals surface area contributed by atoms with Crippen LogP contribution in [0.15, 0.2) is 53.3 Å². The molecule has 2 fully saturated rings. The number of nitrogens with zero attached hydrogens (tertiary/aromatic N) is 3.